The second-order valence-corrected chi connectivity index (χ2v) is 7.75. The first-order chi connectivity index (χ1) is 13.2. The van der Waals surface area contributed by atoms with Crippen LogP contribution in [-0.4, -0.2) is 37.8 Å². The number of nitrogens with zero attached hydrogens (tertiary/aromatic N) is 1. The number of amides is 1. The summed E-state index contributed by atoms with van der Waals surface area (Å²) in [6, 6.07) is 16.6. The predicted octanol–water partition coefficient (Wildman–Crippen LogP) is 3.38. The number of carbonyl (C=O) groups excluding carboxylic acids is 1. The number of benzene rings is 2. The van der Waals surface area contributed by atoms with Crippen LogP contribution < -0.4 is 16.0 Å². The average molecular weight is 383 g/mol. The van der Waals surface area contributed by atoms with Gasteiger partial charge in [-0.15, -0.1) is 11.8 Å². The van der Waals surface area contributed by atoms with Crippen LogP contribution in [0, 0.1) is 6.92 Å². The van der Waals surface area contributed by atoms with Gasteiger partial charge in [0.15, 0.2) is 5.96 Å². The first-order valence-electron chi connectivity index (χ1n) is 9.18. The maximum atomic E-state index is 11.9. The molecule has 6 heteroatoms. The van der Waals surface area contributed by atoms with E-state index in [9.17, 15) is 4.79 Å². The molecule has 0 radical (unpaired) electrons. The van der Waals surface area contributed by atoms with Crippen molar-refractivity contribution in [2.24, 2.45) is 4.99 Å². The van der Waals surface area contributed by atoms with Crippen molar-refractivity contribution in [1.29, 1.82) is 0 Å². The minimum Gasteiger partial charge on any atom is -0.356 e. The van der Waals surface area contributed by atoms with Gasteiger partial charge in [-0.1, -0.05) is 35.9 Å². The van der Waals surface area contributed by atoms with Crippen molar-refractivity contribution >= 4 is 29.3 Å². The van der Waals surface area contributed by atoms with E-state index < -0.39 is 0 Å². The van der Waals surface area contributed by atoms with E-state index >= 15 is 0 Å². The van der Waals surface area contributed by atoms with Gasteiger partial charge in [-0.05, 0) is 30.7 Å². The monoisotopic (exact) mass is 382 g/mol. The largest absolute Gasteiger partial charge is 0.356 e. The molecule has 2 aromatic rings. The Bertz CT molecular complexity index is 804. The van der Waals surface area contributed by atoms with Crippen LogP contribution in [0.4, 0.5) is 5.69 Å². The zero-order valence-corrected chi connectivity index (χ0v) is 16.6. The molecule has 0 saturated heterocycles. The number of aliphatic imine (C=N–C) groups is 1. The van der Waals surface area contributed by atoms with E-state index in [0.29, 0.717) is 13.0 Å². The summed E-state index contributed by atoms with van der Waals surface area (Å²) in [5.41, 5.74) is 3.37. The molecular weight excluding hydrogens is 356 g/mol. The molecule has 3 N–H and O–H groups in total. The highest BCUT2D eigenvalue weighted by molar-refractivity contribution is 7.99. The zero-order chi connectivity index (χ0) is 19.1. The van der Waals surface area contributed by atoms with E-state index in [-0.39, 0.29) is 11.8 Å². The molecule has 0 aliphatic carbocycles. The molecule has 5 nitrogen and oxygen atoms in total. The van der Waals surface area contributed by atoms with Crippen molar-refractivity contribution in [3.8, 4) is 0 Å². The molecule has 3 rings (SSSR count). The van der Waals surface area contributed by atoms with Gasteiger partial charge in [0, 0.05) is 48.8 Å². The van der Waals surface area contributed by atoms with Crippen molar-refractivity contribution in [3.63, 3.8) is 0 Å². The third-order valence-electron chi connectivity index (χ3n) is 4.53. The third kappa shape index (κ3) is 5.50. The highest BCUT2D eigenvalue weighted by Crippen LogP contribution is 2.31. The number of thioether (sulfide) groups is 1. The molecule has 1 unspecified atom stereocenters. The van der Waals surface area contributed by atoms with Crippen LogP contribution in [0.5, 0.6) is 0 Å². The Morgan fingerprint density at radius 3 is 2.74 bits per heavy atom. The van der Waals surface area contributed by atoms with E-state index in [1.807, 2.05) is 30.0 Å². The second-order valence-electron chi connectivity index (χ2n) is 6.58. The molecular formula is C21H26N4OS. The fourth-order valence-electron chi connectivity index (χ4n) is 3.10. The summed E-state index contributed by atoms with van der Waals surface area (Å²) in [6.07, 6.45) is 0.490. The molecule has 0 saturated carbocycles. The predicted molar refractivity (Wildman–Crippen MR) is 114 cm³/mol. The lowest BCUT2D eigenvalue weighted by Gasteiger charge is -2.26. The molecule has 1 heterocycles. The first kappa shape index (κ1) is 19.3. The summed E-state index contributed by atoms with van der Waals surface area (Å²) in [6.45, 7) is 3.59. The van der Waals surface area contributed by atoms with Gasteiger partial charge in [-0.25, -0.2) is 0 Å². The van der Waals surface area contributed by atoms with Crippen LogP contribution in [-0.2, 0) is 4.79 Å². The quantitative estimate of drug-likeness (QED) is 0.310. The highest BCUT2D eigenvalue weighted by Gasteiger charge is 2.24. The summed E-state index contributed by atoms with van der Waals surface area (Å²) >= 11 is 1.82. The minimum absolute atomic E-state index is 0.0675. The Labute approximate surface area is 165 Å². The van der Waals surface area contributed by atoms with Gasteiger partial charge in [-0.3, -0.25) is 9.79 Å². The Hall–Kier alpha value is -2.47. The molecule has 0 spiro atoms. The highest BCUT2D eigenvalue weighted by atomic mass is 32.2. The number of hydrogen-bond donors (Lipinski definition) is 3. The van der Waals surface area contributed by atoms with Crippen molar-refractivity contribution in [3.05, 3.63) is 59.7 Å². The Morgan fingerprint density at radius 1 is 1.19 bits per heavy atom. The molecule has 0 bridgehead atoms. The van der Waals surface area contributed by atoms with Gasteiger partial charge in [0.05, 0.1) is 0 Å². The van der Waals surface area contributed by atoms with Gasteiger partial charge in [0.2, 0.25) is 5.91 Å². The van der Waals surface area contributed by atoms with E-state index in [2.05, 4.69) is 58.2 Å². The molecule has 1 atom stereocenters. The van der Waals surface area contributed by atoms with Crippen molar-refractivity contribution in [1.82, 2.24) is 10.6 Å². The summed E-state index contributed by atoms with van der Waals surface area (Å²) in [5, 5.41) is 9.64. The lowest BCUT2D eigenvalue weighted by molar-refractivity contribution is -0.116. The molecule has 0 fully saturated rings. The maximum absolute atomic E-state index is 11.9. The number of anilines is 1. The Balaban J connectivity index is 1.45. The number of nitrogens with one attached hydrogen (secondary N) is 3. The normalized spacial score (nSPS) is 16.4. The van der Waals surface area contributed by atoms with Crippen LogP contribution >= 0.6 is 11.8 Å². The molecule has 27 heavy (non-hydrogen) atoms. The molecule has 1 aliphatic rings. The second kappa shape index (κ2) is 9.46. The lowest BCUT2D eigenvalue weighted by Crippen LogP contribution is -2.41. The van der Waals surface area contributed by atoms with E-state index in [0.717, 1.165) is 23.9 Å². The Morgan fingerprint density at radius 2 is 1.96 bits per heavy atom. The van der Waals surface area contributed by atoms with Gasteiger partial charge in [0.1, 0.15) is 0 Å². The number of carbonyl (C=O) groups is 1. The summed E-state index contributed by atoms with van der Waals surface area (Å²) < 4.78 is 0. The number of rotatable bonds is 6. The summed E-state index contributed by atoms with van der Waals surface area (Å²) in [5.74, 6) is 1.94. The number of fused-ring (bicyclic) bond motifs is 1. The van der Waals surface area contributed by atoms with Crippen molar-refractivity contribution < 1.29 is 4.79 Å². The third-order valence-corrected chi connectivity index (χ3v) is 5.54. The Kier molecular flexibility index (Phi) is 6.76. The van der Waals surface area contributed by atoms with Gasteiger partial charge >= 0.3 is 0 Å². The fourth-order valence-corrected chi connectivity index (χ4v) is 3.87. The van der Waals surface area contributed by atoms with Crippen molar-refractivity contribution in [2.75, 3.05) is 31.2 Å². The zero-order valence-electron chi connectivity index (χ0n) is 15.8. The first-order valence-corrected chi connectivity index (χ1v) is 10.2. The standard InChI is InChI=1S/C21H26N4OS/c1-15-7-9-17(10-8-15)27-12-11-23-21(22-2)24-14-16-13-20(26)25-19-6-4-3-5-18(16)19/h3-10,16H,11-14H2,1-2H3,(H,25,26)(H2,22,23,24). The van der Waals surface area contributed by atoms with Gasteiger partial charge < -0.3 is 16.0 Å². The van der Waals surface area contributed by atoms with E-state index in [4.69, 9.17) is 0 Å². The number of para-hydroxylation sites is 1. The number of guanidine groups is 1. The molecule has 1 aliphatic heterocycles. The molecule has 1 amide bonds. The fraction of sp³-hybridized carbons (Fsp3) is 0.333. The summed E-state index contributed by atoms with van der Waals surface area (Å²) in [7, 11) is 1.77. The van der Waals surface area contributed by atoms with Crippen LogP contribution in [0.15, 0.2) is 58.4 Å². The smallest absolute Gasteiger partial charge is 0.225 e. The van der Waals surface area contributed by atoms with Crippen LogP contribution in [0.1, 0.15) is 23.5 Å². The van der Waals surface area contributed by atoms with Crippen LogP contribution in [0.25, 0.3) is 0 Å². The van der Waals surface area contributed by atoms with Crippen LogP contribution in [0.2, 0.25) is 0 Å². The molecule has 142 valence electrons. The topological polar surface area (TPSA) is 65.5 Å². The lowest BCUT2D eigenvalue weighted by atomic mass is 9.90. The van der Waals surface area contributed by atoms with Gasteiger partial charge in [0.25, 0.3) is 0 Å². The van der Waals surface area contributed by atoms with E-state index in [1.165, 1.54) is 16.0 Å². The SMILES string of the molecule is CN=C(NCCSc1ccc(C)cc1)NCC1CC(=O)Nc2ccccc21. The number of aryl methyl sites for hydroxylation is 1. The minimum atomic E-state index is 0.0675. The van der Waals surface area contributed by atoms with E-state index in [1.54, 1.807) is 7.05 Å². The summed E-state index contributed by atoms with van der Waals surface area (Å²) in [4.78, 5) is 17.5. The molecule has 2 aromatic carbocycles. The van der Waals surface area contributed by atoms with Crippen LogP contribution in [0.3, 0.4) is 0 Å². The van der Waals surface area contributed by atoms with Gasteiger partial charge in [-0.2, -0.15) is 0 Å². The number of hydrogen-bond acceptors (Lipinski definition) is 3. The molecule has 0 aromatic heterocycles. The van der Waals surface area contributed by atoms with Crippen molar-refractivity contribution in [2.45, 2.75) is 24.2 Å². The maximum Gasteiger partial charge on any atom is 0.225 e. The average Bonchev–Trinajstić information content (AvgIpc) is 2.68.